The highest BCUT2D eigenvalue weighted by Gasteiger charge is 2.29. The van der Waals surface area contributed by atoms with E-state index in [9.17, 15) is 22.8 Å². The van der Waals surface area contributed by atoms with E-state index in [0.717, 1.165) is 23.1 Å². The Morgan fingerprint density at radius 3 is 2.42 bits per heavy atom. The van der Waals surface area contributed by atoms with Gasteiger partial charge in [-0.05, 0) is 42.3 Å². The first kappa shape index (κ1) is 17.7. The molecule has 0 aliphatic heterocycles. The van der Waals surface area contributed by atoms with Crippen molar-refractivity contribution in [3.05, 3.63) is 75.6 Å². The number of anilines is 1. The summed E-state index contributed by atoms with van der Waals surface area (Å²) < 4.78 is 42.7. The monoisotopic (exact) mass is 361 g/mol. The molecule has 0 aliphatic rings. The molecule has 0 aliphatic carbocycles. The summed E-state index contributed by atoms with van der Waals surface area (Å²) in [5.74, 6) is -0.390. The van der Waals surface area contributed by atoms with E-state index in [1.807, 2.05) is 0 Å². The van der Waals surface area contributed by atoms with Gasteiger partial charge in [0, 0.05) is 23.2 Å². The Balaban J connectivity index is 1.74. The molecule has 2 aromatic carbocycles. The fourth-order valence-electron chi connectivity index (χ4n) is 2.60. The molecule has 134 valence electrons. The van der Waals surface area contributed by atoms with Crippen molar-refractivity contribution in [3.8, 4) is 0 Å². The predicted molar refractivity (Wildman–Crippen MR) is 91.0 cm³/mol. The molecule has 1 amide bonds. The number of benzene rings is 2. The van der Waals surface area contributed by atoms with Gasteiger partial charge in [0.25, 0.3) is 0 Å². The van der Waals surface area contributed by atoms with Crippen LogP contribution in [0, 0.1) is 6.92 Å². The Labute approximate surface area is 146 Å². The smallest absolute Gasteiger partial charge is 0.416 e. The topological polar surface area (TPSA) is 59.3 Å². The molecule has 0 atom stereocenters. The number of hydrogen-bond donors (Lipinski definition) is 1. The highest BCUT2D eigenvalue weighted by atomic mass is 19.4. The fraction of sp³-hybridized carbons (Fsp3) is 0.158. The summed E-state index contributed by atoms with van der Waals surface area (Å²) >= 11 is 0. The molecule has 0 fully saturated rings. The van der Waals surface area contributed by atoms with Gasteiger partial charge in [0.2, 0.25) is 5.91 Å². The highest BCUT2D eigenvalue weighted by Crippen LogP contribution is 2.29. The van der Waals surface area contributed by atoms with Gasteiger partial charge in [0.1, 0.15) is 5.58 Å². The second-order valence-corrected chi connectivity index (χ2v) is 5.88. The maximum Gasteiger partial charge on any atom is 0.416 e. The van der Waals surface area contributed by atoms with Crippen molar-refractivity contribution < 1.29 is 22.4 Å². The molecule has 0 spiro atoms. The van der Waals surface area contributed by atoms with Gasteiger partial charge in [0.15, 0.2) is 0 Å². The summed E-state index contributed by atoms with van der Waals surface area (Å²) in [6, 6.07) is 10.7. The van der Waals surface area contributed by atoms with E-state index in [1.54, 1.807) is 19.1 Å². The first-order chi connectivity index (χ1) is 12.2. The third-order valence-electron chi connectivity index (χ3n) is 3.88. The second-order valence-electron chi connectivity index (χ2n) is 5.88. The zero-order valence-corrected chi connectivity index (χ0v) is 13.7. The molecule has 0 bridgehead atoms. The minimum absolute atomic E-state index is 0.0755. The molecule has 0 unspecified atom stereocenters. The lowest BCUT2D eigenvalue weighted by Crippen LogP contribution is -2.14. The molecular weight excluding hydrogens is 347 g/mol. The van der Waals surface area contributed by atoms with E-state index in [4.69, 9.17) is 4.42 Å². The first-order valence-electron chi connectivity index (χ1n) is 7.73. The van der Waals surface area contributed by atoms with E-state index in [-0.39, 0.29) is 12.3 Å². The zero-order valence-electron chi connectivity index (χ0n) is 13.7. The third kappa shape index (κ3) is 3.93. The van der Waals surface area contributed by atoms with Gasteiger partial charge in [0.05, 0.1) is 12.0 Å². The third-order valence-corrected chi connectivity index (χ3v) is 3.88. The largest absolute Gasteiger partial charge is 0.423 e. The van der Waals surface area contributed by atoms with Crippen LogP contribution in [0.25, 0.3) is 11.0 Å². The Bertz CT molecular complexity index is 1020. The summed E-state index contributed by atoms with van der Waals surface area (Å²) in [6.07, 6.45) is -4.48. The molecular formula is C19H14F3NO3. The molecule has 1 aromatic heterocycles. The van der Waals surface area contributed by atoms with Crippen LogP contribution in [0.5, 0.6) is 0 Å². The van der Waals surface area contributed by atoms with Crippen LogP contribution in [0.2, 0.25) is 0 Å². The van der Waals surface area contributed by atoms with Gasteiger partial charge >= 0.3 is 11.8 Å². The van der Waals surface area contributed by atoms with Gasteiger partial charge in [-0.2, -0.15) is 13.2 Å². The number of aryl methyl sites for hydroxylation is 1. The molecule has 4 nitrogen and oxygen atoms in total. The van der Waals surface area contributed by atoms with Crippen LogP contribution in [0.4, 0.5) is 18.9 Å². The minimum Gasteiger partial charge on any atom is -0.423 e. The number of carbonyl (C=O) groups excluding carboxylic acids is 1. The van der Waals surface area contributed by atoms with Crippen molar-refractivity contribution in [3.63, 3.8) is 0 Å². The Hall–Kier alpha value is -3.09. The molecule has 7 heteroatoms. The number of halogens is 3. The number of fused-ring (bicyclic) bond motifs is 1. The van der Waals surface area contributed by atoms with Gasteiger partial charge in [-0.1, -0.05) is 12.1 Å². The maximum absolute atomic E-state index is 12.5. The quantitative estimate of drug-likeness (QED) is 0.708. The van der Waals surface area contributed by atoms with Crippen molar-refractivity contribution in [2.24, 2.45) is 0 Å². The fourth-order valence-corrected chi connectivity index (χ4v) is 2.60. The minimum atomic E-state index is -4.41. The summed E-state index contributed by atoms with van der Waals surface area (Å²) in [6.45, 7) is 1.78. The molecule has 0 radical (unpaired) electrons. The standard InChI is InChI=1S/C19H14F3NO3/c1-11-8-18(25)26-16-10-14(6-7-15(11)16)23-17(24)9-12-2-4-13(5-3-12)19(20,21)22/h2-8,10H,9H2,1H3,(H,23,24). The van der Waals surface area contributed by atoms with Crippen molar-refractivity contribution >= 4 is 22.6 Å². The maximum atomic E-state index is 12.5. The number of nitrogens with one attached hydrogen (secondary N) is 1. The average molecular weight is 361 g/mol. The van der Waals surface area contributed by atoms with E-state index in [2.05, 4.69) is 5.32 Å². The first-order valence-corrected chi connectivity index (χ1v) is 7.73. The van der Waals surface area contributed by atoms with Crippen LogP contribution < -0.4 is 10.9 Å². The van der Waals surface area contributed by atoms with Gasteiger partial charge in [-0.3, -0.25) is 4.79 Å². The number of rotatable bonds is 3. The molecule has 26 heavy (non-hydrogen) atoms. The van der Waals surface area contributed by atoms with E-state index in [1.165, 1.54) is 24.3 Å². The van der Waals surface area contributed by atoms with E-state index < -0.39 is 17.4 Å². The number of hydrogen-bond acceptors (Lipinski definition) is 3. The van der Waals surface area contributed by atoms with E-state index in [0.29, 0.717) is 16.8 Å². The molecule has 1 N–H and O–H groups in total. The van der Waals surface area contributed by atoms with Gasteiger partial charge in [-0.15, -0.1) is 0 Å². The van der Waals surface area contributed by atoms with Crippen LogP contribution in [0.1, 0.15) is 16.7 Å². The Morgan fingerprint density at radius 1 is 1.08 bits per heavy atom. The lowest BCUT2D eigenvalue weighted by molar-refractivity contribution is -0.137. The van der Waals surface area contributed by atoms with Crippen LogP contribution >= 0.6 is 0 Å². The summed E-state index contributed by atoms with van der Waals surface area (Å²) in [7, 11) is 0. The Kier molecular flexibility index (Phi) is 4.54. The second kappa shape index (κ2) is 6.67. The lowest BCUT2D eigenvalue weighted by Gasteiger charge is -2.09. The summed E-state index contributed by atoms with van der Waals surface area (Å²) in [4.78, 5) is 23.6. The van der Waals surface area contributed by atoms with Crippen LogP contribution in [-0.2, 0) is 17.4 Å². The average Bonchev–Trinajstić information content (AvgIpc) is 2.53. The summed E-state index contributed by atoms with van der Waals surface area (Å²) in [5.41, 5.74) is 0.757. The molecule has 1 heterocycles. The number of amides is 1. The van der Waals surface area contributed by atoms with Gasteiger partial charge in [-0.25, -0.2) is 4.79 Å². The highest BCUT2D eigenvalue weighted by molar-refractivity contribution is 5.94. The normalized spacial score (nSPS) is 11.5. The number of alkyl halides is 3. The van der Waals surface area contributed by atoms with E-state index >= 15 is 0 Å². The van der Waals surface area contributed by atoms with Gasteiger partial charge < -0.3 is 9.73 Å². The SMILES string of the molecule is Cc1cc(=O)oc2cc(NC(=O)Cc3ccc(C(F)(F)F)cc3)ccc12. The number of carbonyl (C=O) groups is 1. The molecule has 3 aromatic rings. The molecule has 3 rings (SSSR count). The van der Waals surface area contributed by atoms with Crippen LogP contribution in [-0.4, -0.2) is 5.91 Å². The van der Waals surface area contributed by atoms with Crippen LogP contribution in [0.15, 0.2) is 57.7 Å². The van der Waals surface area contributed by atoms with Crippen molar-refractivity contribution in [2.75, 3.05) is 5.32 Å². The van der Waals surface area contributed by atoms with Crippen molar-refractivity contribution in [1.29, 1.82) is 0 Å². The summed E-state index contributed by atoms with van der Waals surface area (Å²) in [5, 5.41) is 3.40. The zero-order chi connectivity index (χ0) is 18.9. The molecule has 0 saturated heterocycles. The predicted octanol–water partition coefficient (Wildman–Crippen LogP) is 4.30. The van der Waals surface area contributed by atoms with Crippen LogP contribution in [0.3, 0.4) is 0 Å². The Morgan fingerprint density at radius 2 is 1.77 bits per heavy atom. The van der Waals surface area contributed by atoms with Crippen molar-refractivity contribution in [1.82, 2.24) is 0 Å². The van der Waals surface area contributed by atoms with Crippen molar-refractivity contribution in [2.45, 2.75) is 19.5 Å². The lowest BCUT2D eigenvalue weighted by atomic mass is 10.1. The molecule has 0 saturated carbocycles.